The molecule has 2 aromatic rings. The van der Waals surface area contributed by atoms with Crippen LogP contribution in [0.5, 0.6) is 0 Å². The molecule has 0 fully saturated rings. The van der Waals surface area contributed by atoms with E-state index in [2.05, 4.69) is 0 Å². The molecule has 2 nitrogen and oxygen atoms in total. The van der Waals surface area contributed by atoms with Crippen molar-refractivity contribution >= 4 is 18.1 Å². The fourth-order valence-electron chi connectivity index (χ4n) is 1.73. The van der Waals surface area contributed by atoms with Gasteiger partial charge in [-0.1, -0.05) is 42.5 Å². The van der Waals surface area contributed by atoms with Gasteiger partial charge in [0.2, 0.25) is 0 Å². The van der Waals surface area contributed by atoms with Gasteiger partial charge in [-0.2, -0.15) is 0 Å². The first kappa shape index (κ1) is 13.0. The Bertz CT molecular complexity index is 618. The molecule has 96 valence electrons. The molecule has 0 amide bonds. The average molecular weight is 256 g/mol. The zero-order valence-corrected chi connectivity index (χ0v) is 10.5. The maximum Gasteiger partial charge on any atom is 0.338 e. The van der Waals surface area contributed by atoms with E-state index in [0.29, 0.717) is 5.56 Å². The lowest BCUT2D eigenvalue weighted by molar-refractivity contribution is 0.0600. The van der Waals surface area contributed by atoms with Gasteiger partial charge in [-0.05, 0) is 29.3 Å². The minimum absolute atomic E-state index is 0.289. The lowest BCUT2D eigenvalue weighted by Gasteiger charge is -2.03. The number of carbonyl (C=O) groups excluding carboxylic acids is 1. The normalized spacial score (nSPS) is 10.6. The summed E-state index contributed by atoms with van der Waals surface area (Å²) in [4.78, 5) is 11.6. The molecule has 0 unspecified atom stereocenters. The molecule has 0 aliphatic rings. The summed E-state index contributed by atoms with van der Waals surface area (Å²) in [5, 5.41) is 0. The minimum Gasteiger partial charge on any atom is -0.465 e. The van der Waals surface area contributed by atoms with Gasteiger partial charge in [0, 0.05) is 0 Å². The van der Waals surface area contributed by atoms with E-state index >= 15 is 0 Å². The second-order valence-electron chi connectivity index (χ2n) is 3.97. The second kappa shape index (κ2) is 5.96. The first-order chi connectivity index (χ1) is 9.20. The third-order valence-electron chi connectivity index (χ3n) is 2.67. The molecular weight excluding hydrogens is 243 g/mol. The van der Waals surface area contributed by atoms with E-state index in [9.17, 15) is 9.18 Å². The molecule has 0 aromatic heterocycles. The van der Waals surface area contributed by atoms with Crippen molar-refractivity contribution in [2.75, 3.05) is 7.11 Å². The lowest BCUT2D eigenvalue weighted by Crippen LogP contribution is -2.02. The summed E-state index contributed by atoms with van der Waals surface area (Å²) < 4.78 is 17.8. The zero-order valence-electron chi connectivity index (χ0n) is 10.5. The Kier molecular flexibility index (Phi) is 4.08. The van der Waals surface area contributed by atoms with E-state index in [4.69, 9.17) is 4.74 Å². The van der Waals surface area contributed by atoms with E-state index in [1.807, 2.05) is 12.1 Å². The number of benzene rings is 2. The number of halogens is 1. The van der Waals surface area contributed by atoms with Gasteiger partial charge in [0.25, 0.3) is 0 Å². The van der Waals surface area contributed by atoms with Crippen LogP contribution in [0.1, 0.15) is 21.5 Å². The van der Waals surface area contributed by atoms with Crippen LogP contribution in [0.25, 0.3) is 12.2 Å². The highest BCUT2D eigenvalue weighted by molar-refractivity contribution is 5.94. The van der Waals surface area contributed by atoms with Crippen LogP contribution in [0.3, 0.4) is 0 Å². The molecule has 2 rings (SSSR count). The summed E-state index contributed by atoms with van der Waals surface area (Å²) in [6.07, 6.45) is 3.52. The topological polar surface area (TPSA) is 26.3 Å². The number of hydrogen-bond acceptors (Lipinski definition) is 2. The third-order valence-corrected chi connectivity index (χ3v) is 2.67. The number of rotatable bonds is 3. The first-order valence-corrected chi connectivity index (χ1v) is 5.81. The maximum absolute atomic E-state index is 13.0. The lowest BCUT2D eigenvalue weighted by atomic mass is 10.1. The fourth-order valence-corrected chi connectivity index (χ4v) is 1.73. The molecule has 0 radical (unpaired) electrons. The highest BCUT2D eigenvalue weighted by atomic mass is 19.1. The van der Waals surface area contributed by atoms with E-state index in [0.717, 1.165) is 11.1 Å². The van der Waals surface area contributed by atoms with Gasteiger partial charge in [-0.15, -0.1) is 0 Å². The summed E-state index contributed by atoms with van der Waals surface area (Å²) in [6, 6.07) is 13.3. The van der Waals surface area contributed by atoms with E-state index in [-0.39, 0.29) is 11.8 Å². The summed E-state index contributed by atoms with van der Waals surface area (Å²) in [5.74, 6) is -0.678. The second-order valence-corrected chi connectivity index (χ2v) is 3.97. The van der Waals surface area contributed by atoms with E-state index in [1.54, 1.807) is 36.4 Å². The van der Waals surface area contributed by atoms with Crippen molar-refractivity contribution in [3.8, 4) is 0 Å². The Balaban J connectivity index is 2.31. The predicted molar refractivity (Wildman–Crippen MR) is 73.1 cm³/mol. The summed E-state index contributed by atoms with van der Waals surface area (Å²) in [7, 11) is 1.34. The molecule has 0 N–H and O–H groups in total. The molecular formula is C16H13FO2. The minimum atomic E-state index is -0.389. The van der Waals surface area contributed by atoms with Crippen molar-refractivity contribution in [3.63, 3.8) is 0 Å². The Morgan fingerprint density at radius 3 is 2.63 bits per heavy atom. The number of esters is 1. The highest BCUT2D eigenvalue weighted by Gasteiger charge is 2.08. The van der Waals surface area contributed by atoms with Gasteiger partial charge in [0.05, 0.1) is 12.7 Å². The molecule has 0 atom stereocenters. The van der Waals surface area contributed by atoms with Gasteiger partial charge < -0.3 is 4.74 Å². The van der Waals surface area contributed by atoms with Crippen molar-refractivity contribution in [3.05, 3.63) is 71.0 Å². The van der Waals surface area contributed by atoms with Crippen molar-refractivity contribution in [2.45, 2.75) is 0 Å². The molecule has 2 aromatic carbocycles. The summed E-state index contributed by atoms with van der Waals surface area (Å²) >= 11 is 0. The van der Waals surface area contributed by atoms with Gasteiger partial charge in [0.1, 0.15) is 5.82 Å². The standard InChI is InChI=1S/C16H13FO2/c1-19-16(18)15-8-3-2-6-13(15)10-9-12-5-4-7-14(17)11-12/h2-11H,1H3. The Morgan fingerprint density at radius 1 is 1.11 bits per heavy atom. The van der Waals surface area contributed by atoms with Crippen LogP contribution < -0.4 is 0 Å². The quantitative estimate of drug-likeness (QED) is 0.617. The van der Waals surface area contributed by atoms with Gasteiger partial charge >= 0.3 is 5.97 Å². The number of ether oxygens (including phenoxy) is 1. The molecule has 0 saturated carbocycles. The summed E-state index contributed by atoms with van der Waals surface area (Å²) in [5.41, 5.74) is 1.95. The maximum atomic E-state index is 13.0. The predicted octanol–water partition coefficient (Wildman–Crippen LogP) is 3.78. The highest BCUT2D eigenvalue weighted by Crippen LogP contribution is 2.14. The van der Waals surface area contributed by atoms with Crippen molar-refractivity contribution in [1.82, 2.24) is 0 Å². The Morgan fingerprint density at radius 2 is 1.89 bits per heavy atom. The molecule has 19 heavy (non-hydrogen) atoms. The van der Waals surface area contributed by atoms with Crippen LogP contribution in [-0.4, -0.2) is 13.1 Å². The number of carbonyl (C=O) groups is 1. The van der Waals surface area contributed by atoms with E-state index in [1.165, 1.54) is 19.2 Å². The average Bonchev–Trinajstić information content (AvgIpc) is 2.45. The van der Waals surface area contributed by atoms with Gasteiger partial charge in [-0.25, -0.2) is 9.18 Å². The van der Waals surface area contributed by atoms with Crippen molar-refractivity contribution < 1.29 is 13.9 Å². The number of hydrogen-bond donors (Lipinski definition) is 0. The third kappa shape index (κ3) is 3.28. The van der Waals surface area contributed by atoms with Gasteiger partial charge in [0.15, 0.2) is 0 Å². The molecule has 0 aliphatic carbocycles. The van der Waals surface area contributed by atoms with E-state index < -0.39 is 0 Å². The Hall–Kier alpha value is -2.42. The summed E-state index contributed by atoms with van der Waals surface area (Å²) in [6.45, 7) is 0. The van der Waals surface area contributed by atoms with Crippen LogP contribution in [0, 0.1) is 5.82 Å². The van der Waals surface area contributed by atoms with Crippen LogP contribution in [0.15, 0.2) is 48.5 Å². The van der Waals surface area contributed by atoms with Gasteiger partial charge in [-0.3, -0.25) is 0 Å². The first-order valence-electron chi connectivity index (χ1n) is 5.81. The SMILES string of the molecule is COC(=O)c1ccccc1C=Cc1cccc(F)c1. The molecule has 0 spiro atoms. The van der Waals surface area contributed by atoms with Crippen LogP contribution in [0.4, 0.5) is 4.39 Å². The van der Waals surface area contributed by atoms with Crippen molar-refractivity contribution in [1.29, 1.82) is 0 Å². The monoisotopic (exact) mass is 256 g/mol. The molecule has 0 saturated heterocycles. The van der Waals surface area contributed by atoms with Crippen LogP contribution in [-0.2, 0) is 4.74 Å². The van der Waals surface area contributed by atoms with Crippen LogP contribution in [0.2, 0.25) is 0 Å². The fraction of sp³-hybridized carbons (Fsp3) is 0.0625. The molecule has 0 aliphatic heterocycles. The Labute approximate surface area is 111 Å². The smallest absolute Gasteiger partial charge is 0.338 e. The molecule has 3 heteroatoms. The van der Waals surface area contributed by atoms with Crippen molar-refractivity contribution in [2.24, 2.45) is 0 Å². The molecule has 0 bridgehead atoms. The zero-order chi connectivity index (χ0) is 13.7. The largest absolute Gasteiger partial charge is 0.465 e. The molecule has 0 heterocycles. The van der Waals surface area contributed by atoms with Crippen LogP contribution >= 0.6 is 0 Å². The number of methoxy groups -OCH3 is 1.